The number of rotatable bonds is 8. The Morgan fingerprint density at radius 3 is 2.48 bits per heavy atom. The zero-order valence-corrected chi connectivity index (χ0v) is 23.8. The quantitative estimate of drug-likeness (QED) is 0.491. The number of carbonyl (C=O) groups excluding carboxylic acids is 2. The largest absolute Gasteiger partial charge is 0.489 e. The van der Waals surface area contributed by atoms with Gasteiger partial charge in [0.25, 0.3) is 0 Å². The minimum absolute atomic E-state index is 0.0906. The number of amides is 3. The SMILES string of the molecule is COC(OC)c1nc2c(cc1CN1CCN(C(C)=O)CC1)CCCN2C(=O)Nc1cc(OC(C)C)c(C#N)cn1. The van der Waals surface area contributed by atoms with Crippen LogP contribution in [-0.4, -0.2) is 84.8 Å². The molecule has 2 aliphatic rings. The molecule has 2 aromatic rings. The Morgan fingerprint density at radius 1 is 1.12 bits per heavy atom. The molecule has 12 heteroatoms. The summed E-state index contributed by atoms with van der Waals surface area (Å²) in [5, 5.41) is 12.2. The maximum atomic E-state index is 13.5. The van der Waals surface area contributed by atoms with Crippen molar-refractivity contribution >= 4 is 23.6 Å². The third-order valence-corrected chi connectivity index (χ3v) is 6.97. The minimum atomic E-state index is -0.707. The van der Waals surface area contributed by atoms with Crippen molar-refractivity contribution in [1.82, 2.24) is 19.8 Å². The van der Waals surface area contributed by atoms with Crippen molar-refractivity contribution < 1.29 is 23.8 Å². The number of ether oxygens (including phenoxy) is 3. The summed E-state index contributed by atoms with van der Waals surface area (Å²) in [6.45, 7) is 9.32. The lowest BCUT2D eigenvalue weighted by atomic mass is 10.0. The number of hydrogen-bond acceptors (Lipinski definition) is 9. The molecule has 3 amide bonds. The fourth-order valence-electron chi connectivity index (χ4n) is 4.99. The molecule has 0 bridgehead atoms. The third-order valence-electron chi connectivity index (χ3n) is 6.97. The Labute approximate surface area is 234 Å². The molecule has 0 unspecified atom stereocenters. The number of nitriles is 1. The van der Waals surface area contributed by atoms with Crippen LogP contribution in [0.15, 0.2) is 18.3 Å². The van der Waals surface area contributed by atoms with E-state index in [1.54, 1.807) is 32.1 Å². The second-order valence-electron chi connectivity index (χ2n) is 10.1. The molecule has 1 saturated heterocycles. The van der Waals surface area contributed by atoms with Crippen molar-refractivity contribution in [2.45, 2.75) is 52.6 Å². The average molecular weight is 552 g/mol. The van der Waals surface area contributed by atoms with E-state index in [0.717, 1.165) is 37.1 Å². The smallest absolute Gasteiger partial charge is 0.328 e. The molecule has 40 heavy (non-hydrogen) atoms. The van der Waals surface area contributed by atoms with E-state index in [9.17, 15) is 14.9 Å². The van der Waals surface area contributed by atoms with Crippen LogP contribution in [0.2, 0.25) is 0 Å². The van der Waals surface area contributed by atoms with E-state index >= 15 is 0 Å². The molecule has 0 saturated carbocycles. The molecular weight excluding hydrogens is 514 g/mol. The fourth-order valence-corrected chi connectivity index (χ4v) is 4.99. The number of anilines is 2. The van der Waals surface area contributed by atoms with Crippen LogP contribution in [0.1, 0.15) is 55.9 Å². The number of methoxy groups -OCH3 is 2. The van der Waals surface area contributed by atoms with Crippen LogP contribution in [0.4, 0.5) is 16.4 Å². The van der Waals surface area contributed by atoms with Gasteiger partial charge in [-0.25, -0.2) is 14.8 Å². The first-order chi connectivity index (χ1) is 19.2. The molecule has 4 heterocycles. The van der Waals surface area contributed by atoms with Gasteiger partial charge in [0, 0.05) is 66.5 Å². The van der Waals surface area contributed by atoms with E-state index in [4.69, 9.17) is 19.2 Å². The van der Waals surface area contributed by atoms with Gasteiger partial charge >= 0.3 is 6.03 Å². The second kappa shape index (κ2) is 13.0. The van der Waals surface area contributed by atoms with E-state index in [1.165, 1.54) is 6.20 Å². The summed E-state index contributed by atoms with van der Waals surface area (Å²) in [6, 6.07) is 5.33. The highest BCUT2D eigenvalue weighted by Crippen LogP contribution is 2.32. The highest BCUT2D eigenvalue weighted by molar-refractivity contribution is 6.01. The monoisotopic (exact) mass is 551 g/mol. The molecule has 0 aliphatic carbocycles. The van der Waals surface area contributed by atoms with E-state index in [2.05, 4.69) is 27.3 Å². The number of carbonyl (C=O) groups is 2. The lowest BCUT2D eigenvalue weighted by Gasteiger charge is -2.35. The predicted octanol–water partition coefficient (Wildman–Crippen LogP) is 3.08. The normalized spacial score (nSPS) is 15.7. The van der Waals surface area contributed by atoms with Crippen LogP contribution < -0.4 is 15.0 Å². The van der Waals surface area contributed by atoms with Crippen LogP contribution in [0, 0.1) is 11.3 Å². The predicted molar refractivity (Wildman–Crippen MR) is 148 cm³/mol. The Balaban J connectivity index is 1.59. The average Bonchev–Trinajstić information content (AvgIpc) is 2.93. The summed E-state index contributed by atoms with van der Waals surface area (Å²) >= 11 is 0. The number of fused-ring (bicyclic) bond motifs is 1. The van der Waals surface area contributed by atoms with Crippen LogP contribution in [0.3, 0.4) is 0 Å². The van der Waals surface area contributed by atoms with Crippen molar-refractivity contribution in [3.8, 4) is 11.8 Å². The van der Waals surface area contributed by atoms with Gasteiger partial charge in [0.2, 0.25) is 12.2 Å². The van der Waals surface area contributed by atoms with Crippen LogP contribution in [-0.2, 0) is 27.2 Å². The lowest BCUT2D eigenvalue weighted by Crippen LogP contribution is -2.47. The molecule has 0 spiro atoms. The molecule has 2 aromatic heterocycles. The Kier molecular flexibility index (Phi) is 9.52. The van der Waals surface area contributed by atoms with E-state index < -0.39 is 6.29 Å². The van der Waals surface area contributed by atoms with Crippen molar-refractivity contribution in [2.24, 2.45) is 0 Å². The molecule has 0 atom stereocenters. The summed E-state index contributed by atoms with van der Waals surface area (Å²) in [5.41, 5.74) is 2.84. The number of aryl methyl sites for hydroxylation is 1. The molecule has 12 nitrogen and oxygen atoms in total. The van der Waals surface area contributed by atoms with E-state index in [1.807, 2.05) is 18.7 Å². The molecule has 2 aliphatic heterocycles. The van der Waals surface area contributed by atoms with Gasteiger partial charge in [0.05, 0.1) is 12.3 Å². The first-order valence-corrected chi connectivity index (χ1v) is 13.5. The van der Waals surface area contributed by atoms with Gasteiger partial charge in [0.1, 0.15) is 34.7 Å². The summed E-state index contributed by atoms with van der Waals surface area (Å²) < 4.78 is 16.9. The Hall–Kier alpha value is -3.79. The molecule has 1 N–H and O–H groups in total. The number of nitrogens with one attached hydrogen (secondary N) is 1. The summed E-state index contributed by atoms with van der Waals surface area (Å²) in [7, 11) is 3.12. The minimum Gasteiger partial charge on any atom is -0.489 e. The standard InChI is InChI=1S/C28H37N7O5/c1-18(2)40-23-14-24(30-16-22(23)15-29)31-28(37)35-8-6-7-20-13-21(25(32-26(20)35)27(38-4)39-5)17-33-9-11-34(12-10-33)19(3)36/h13-14,16,18,27H,6-12,17H2,1-5H3,(H,30,31,37). The van der Waals surface area contributed by atoms with Gasteiger partial charge < -0.3 is 19.1 Å². The van der Waals surface area contributed by atoms with Gasteiger partial charge in [0.15, 0.2) is 0 Å². The number of nitrogens with zero attached hydrogens (tertiary/aromatic N) is 6. The van der Waals surface area contributed by atoms with Crippen molar-refractivity contribution in [1.29, 1.82) is 5.26 Å². The topological polar surface area (TPSA) is 133 Å². The first kappa shape index (κ1) is 29.2. The number of piperazine rings is 1. The number of hydrogen-bond donors (Lipinski definition) is 1. The fraction of sp³-hybridized carbons (Fsp3) is 0.536. The van der Waals surface area contributed by atoms with Crippen molar-refractivity contribution in [3.05, 3.63) is 40.7 Å². The maximum Gasteiger partial charge on any atom is 0.328 e. The Bertz CT molecular complexity index is 1270. The highest BCUT2D eigenvalue weighted by atomic mass is 16.7. The first-order valence-electron chi connectivity index (χ1n) is 13.5. The third kappa shape index (κ3) is 6.67. The molecule has 0 radical (unpaired) electrons. The number of urea groups is 1. The van der Waals surface area contributed by atoms with Gasteiger partial charge in [-0.3, -0.25) is 19.9 Å². The van der Waals surface area contributed by atoms with Gasteiger partial charge in [-0.15, -0.1) is 0 Å². The zero-order chi connectivity index (χ0) is 28.8. The van der Waals surface area contributed by atoms with E-state index in [0.29, 0.717) is 49.0 Å². The van der Waals surface area contributed by atoms with Crippen molar-refractivity contribution in [2.75, 3.05) is 57.2 Å². The molecule has 214 valence electrons. The zero-order valence-electron chi connectivity index (χ0n) is 23.8. The second-order valence-corrected chi connectivity index (χ2v) is 10.1. The Morgan fingerprint density at radius 2 is 1.85 bits per heavy atom. The number of aromatic nitrogens is 2. The van der Waals surface area contributed by atoms with Crippen molar-refractivity contribution in [3.63, 3.8) is 0 Å². The molecule has 1 fully saturated rings. The van der Waals surface area contributed by atoms with Crippen LogP contribution in [0.5, 0.6) is 5.75 Å². The summed E-state index contributed by atoms with van der Waals surface area (Å²) in [5.74, 6) is 1.28. The number of pyridine rings is 2. The van der Waals surface area contributed by atoms with Gasteiger partial charge in [-0.2, -0.15) is 5.26 Å². The lowest BCUT2D eigenvalue weighted by molar-refractivity contribution is -0.130. The van der Waals surface area contributed by atoms with Gasteiger partial charge in [-0.1, -0.05) is 0 Å². The van der Waals surface area contributed by atoms with E-state index in [-0.39, 0.29) is 23.9 Å². The van der Waals surface area contributed by atoms with Gasteiger partial charge in [-0.05, 0) is 43.9 Å². The molecule has 4 rings (SSSR count). The summed E-state index contributed by atoms with van der Waals surface area (Å²) in [4.78, 5) is 40.1. The molecular formula is C28H37N7O5. The maximum absolute atomic E-state index is 13.5. The summed E-state index contributed by atoms with van der Waals surface area (Å²) in [6.07, 6.45) is 2.10. The van der Waals surface area contributed by atoms with Crippen LogP contribution in [0.25, 0.3) is 0 Å². The van der Waals surface area contributed by atoms with Crippen LogP contribution >= 0.6 is 0 Å². The highest BCUT2D eigenvalue weighted by Gasteiger charge is 2.29. The molecule has 0 aromatic carbocycles.